The van der Waals surface area contributed by atoms with Crippen LogP contribution in [0.2, 0.25) is 0 Å². The Morgan fingerprint density at radius 2 is 1.90 bits per heavy atom. The van der Waals surface area contributed by atoms with Gasteiger partial charge in [-0.3, -0.25) is 4.79 Å². The van der Waals surface area contributed by atoms with Crippen LogP contribution >= 0.6 is 0 Å². The lowest BCUT2D eigenvalue weighted by Crippen LogP contribution is -2.24. The average molecular weight is 290 g/mol. The molecule has 3 nitrogen and oxygen atoms in total. The molecule has 0 bridgehead atoms. The molecule has 118 valence electrons. The van der Waals surface area contributed by atoms with E-state index in [-0.39, 0.29) is 5.91 Å². The third kappa shape index (κ3) is 5.41. The van der Waals surface area contributed by atoms with Crippen molar-refractivity contribution < 1.29 is 4.79 Å². The number of carbonyl (C=O) groups excluding carboxylic acids is 1. The quantitative estimate of drug-likeness (QED) is 0.746. The van der Waals surface area contributed by atoms with Crippen molar-refractivity contribution in [2.24, 2.45) is 5.92 Å². The second kappa shape index (κ2) is 8.71. The largest absolute Gasteiger partial charge is 0.382 e. The molecule has 0 radical (unpaired) electrons. The van der Waals surface area contributed by atoms with Crippen LogP contribution in [0.5, 0.6) is 0 Å². The van der Waals surface area contributed by atoms with Crippen LogP contribution in [-0.4, -0.2) is 18.5 Å². The highest BCUT2D eigenvalue weighted by molar-refractivity contribution is 5.94. The number of anilines is 1. The van der Waals surface area contributed by atoms with Gasteiger partial charge >= 0.3 is 0 Å². The van der Waals surface area contributed by atoms with Crippen LogP contribution in [0.25, 0.3) is 0 Å². The molecule has 21 heavy (non-hydrogen) atoms. The number of carbonyl (C=O) groups is 1. The van der Waals surface area contributed by atoms with E-state index in [0.29, 0.717) is 12.6 Å². The third-order valence-electron chi connectivity index (χ3n) is 4.06. The molecule has 0 aliphatic heterocycles. The molecule has 2 unspecified atom stereocenters. The van der Waals surface area contributed by atoms with Crippen LogP contribution in [-0.2, 0) is 0 Å². The molecule has 2 N–H and O–H groups in total. The maximum Gasteiger partial charge on any atom is 0.251 e. The van der Waals surface area contributed by atoms with Gasteiger partial charge in [0.05, 0.1) is 0 Å². The molecule has 0 aliphatic rings. The predicted octanol–water partition coefficient (Wildman–Crippen LogP) is 4.37. The molecule has 1 aromatic carbocycles. The van der Waals surface area contributed by atoms with Crippen molar-refractivity contribution >= 4 is 11.6 Å². The minimum Gasteiger partial charge on any atom is -0.382 e. The summed E-state index contributed by atoms with van der Waals surface area (Å²) in [4.78, 5) is 11.8. The normalized spacial score (nSPS) is 13.6. The van der Waals surface area contributed by atoms with E-state index in [0.717, 1.165) is 29.2 Å². The maximum absolute atomic E-state index is 11.8. The van der Waals surface area contributed by atoms with E-state index in [9.17, 15) is 4.79 Å². The Bertz CT molecular complexity index is 457. The van der Waals surface area contributed by atoms with Crippen LogP contribution in [0.1, 0.15) is 62.9 Å². The van der Waals surface area contributed by atoms with E-state index >= 15 is 0 Å². The molecule has 1 amide bonds. The van der Waals surface area contributed by atoms with Crippen molar-refractivity contribution in [3.63, 3.8) is 0 Å². The molecule has 0 fully saturated rings. The molecule has 0 aliphatic carbocycles. The zero-order chi connectivity index (χ0) is 15.8. The summed E-state index contributed by atoms with van der Waals surface area (Å²) in [6.45, 7) is 11.4. The van der Waals surface area contributed by atoms with Crippen molar-refractivity contribution in [2.75, 3.05) is 11.9 Å². The summed E-state index contributed by atoms with van der Waals surface area (Å²) in [5.41, 5.74) is 2.99. The Balaban J connectivity index is 2.77. The average Bonchev–Trinajstić information content (AvgIpc) is 2.48. The monoisotopic (exact) mass is 290 g/mol. The molecule has 0 aromatic heterocycles. The topological polar surface area (TPSA) is 41.1 Å². The van der Waals surface area contributed by atoms with Crippen LogP contribution < -0.4 is 10.6 Å². The Morgan fingerprint density at radius 3 is 2.43 bits per heavy atom. The summed E-state index contributed by atoms with van der Waals surface area (Å²) in [6, 6.07) is 6.38. The van der Waals surface area contributed by atoms with Crippen molar-refractivity contribution in [1.29, 1.82) is 0 Å². The Labute approximate surface area is 129 Å². The lowest BCUT2D eigenvalue weighted by molar-refractivity contribution is 0.0956. The molecular formula is C18H30N2O. The van der Waals surface area contributed by atoms with Crippen molar-refractivity contribution in [3.05, 3.63) is 29.3 Å². The first-order valence-electron chi connectivity index (χ1n) is 8.17. The van der Waals surface area contributed by atoms with Gasteiger partial charge < -0.3 is 10.6 Å². The van der Waals surface area contributed by atoms with E-state index in [1.807, 2.05) is 25.1 Å². The fourth-order valence-corrected chi connectivity index (χ4v) is 2.43. The molecule has 0 saturated heterocycles. The van der Waals surface area contributed by atoms with Crippen LogP contribution in [0.3, 0.4) is 0 Å². The van der Waals surface area contributed by atoms with E-state index in [2.05, 4.69) is 38.3 Å². The molecular weight excluding hydrogens is 260 g/mol. The fourth-order valence-electron chi connectivity index (χ4n) is 2.43. The lowest BCUT2D eigenvalue weighted by atomic mass is 9.97. The summed E-state index contributed by atoms with van der Waals surface area (Å²) in [5, 5.41) is 6.46. The lowest BCUT2D eigenvalue weighted by Gasteiger charge is -2.22. The van der Waals surface area contributed by atoms with E-state index < -0.39 is 0 Å². The molecule has 2 atom stereocenters. The van der Waals surface area contributed by atoms with Crippen molar-refractivity contribution in [2.45, 2.75) is 59.9 Å². The van der Waals surface area contributed by atoms with Gasteiger partial charge in [0, 0.05) is 23.8 Å². The van der Waals surface area contributed by atoms with Crippen LogP contribution in [0.4, 0.5) is 5.69 Å². The SMILES string of the molecule is CCNC(=O)c1ccc(NC(CC)CC(C)CC)c(C)c1. The maximum atomic E-state index is 11.8. The second-order valence-electron chi connectivity index (χ2n) is 5.89. The molecule has 0 saturated carbocycles. The van der Waals surface area contributed by atoms with Gasteiger partial charge in [0.1, 0.15) is 0 Å². The first kappa shape index (κ1) is 17.5. The van der Waals surface area contributed by atoms with Gasteiger partial charge in [-0.2, -0.15) is 0 Å². The second-order valence-corrected chi connectivity index (χ2v) is 5.89. The van der Waals surface area contributed by atoms with Gasteiger partial charge in [-0.05, 0) is 56.4 Å². The Morgan fingerprint density at radius 1 is 1.19 bits per heavy atom. The number of rotatable bonds is 8. The highest BCUT2D eigenvalue weighted by Gasteiger charge is 2.12. The molecule has 1 rings (SSSR count). The minimum atomic E-state index is -0.00111. The van der Waals surface area contributed by atoms with Gasteiger partial charge in [-0.25, -0.2) is 0 Å². The van der Waals surface area contributed by atoms with Crippen molar-refractivity contribution in [1.82, 2.24) is 5.32 Å². The number of aryl methyl sites for hydroxylation is 1. The van der Waals surface area contributed by atoms with Gasteiger partial charge in [0.15, 0.2) is 0 Å². The van der Waals surface area contributed by atoms with Crippen molar-refractivity contribution in [3.8, 4) is 0 Å². The fraction of sp³-hybridized carbons (Fsp3) is 0.611. The van der Waals surface area contributed by atoms with Gasteiger partial charge in [-0.1, -0.05) is 27.2 Å². The Kier molecular flexibility index (Phi) is 7.27. The Hall–Kier alpha value is -1.51. The standard InChI is InChI=1S/C18H30N2O/c1-6-13(4)11-16(7-2)20-17-10-9-15(12-14(17)5)18(21)19-8-3/h9-10,12-13,16,20H,6-8,11H2,1-5H3,(H,19,21). The molecule has 1 aromatic rings. The van der Waals surface area contributed by atoms with E-state index in [1.165, 1.54) is 12.8 Å². The van der Waals surface area contributed by atoms with Gasteiger partial charge in [0.2, 0.25) is 0 Å². The third-order valence-corrected chi connectivity index (χ3v) is 4.06. The summed E-state index contributed by atoms with van der Waals surface area (Å²) in [6.07, 6.45) is 3.51. The first-order chi connectivity index (χ1) is 10.0. The van der Waals surface area contributed by atoms with Crippen LogP contribution in [0.15, 0.2) is 18.2 Å². The summed E-state index contributed by atoms with van der Waals surface area (Å²) >= 11 is 0. The summed E-state index contributed by atoms with van der Waals surface area (Å²) in [7, 11) is 0. The van der Waals surface area contributed by atoms with Crippen LogP contribution in [0, 0.1) is 12.8 Å². The minimum absolute atomic E-state index is 0.00111. The number of nitrogens with one attached hydrogen (secondary N) is 2. The molecule has 3 heteroatoms. The smallest absolute Gasteiger partial charge is 0.251 e. The molecule has 0 heterocycles. The highest BCUT2D eigenvalue weighted by atomic mass is 16.1. The summed E-state index contributed by atoms with van der Waals surface area (Å²) < 4.78 is 0. The number of amides is 1. The first-order valence-corrected chi connectivity index (χ1v) is 8.17. The zero-order valence-electron chi connectivity index (χ0n) is 14.1. The number of benzene rings is 1. The van der Waals surface area contributed by atoms with Gasteiger partial charge in [-0.15, -0.1) is 0 Å². The summed E-state index contributed by atoms with van der Waals surface area (Å²) in [5.74, 6) is 0.733. The predicted molar refractivity (Wildman–Crippen MR) is 91.0 cm³/mol. The zero-order valence-corrected chi connectivity index (χ0v) is 14.1. The van der Waals surface area contributed by atoms with Gasteiger partial charge in [0.25, 0.3) is 5.91 Å². The number of hydrogen-bond donors (Lipinski definition) is 2. The highest BCUT2D eigenvalue weighted by Crippen LogP contribution is 2.21. The molecule has 0 spiro atoms. The van der Waals surface area contributed by atoms with E-state index in [4.69, 9.17) is 0 Å². The van der Waals surface area contributed by atoms with E-state index in [1.54, 1.807) is 0 Å². The number of hydrogen-bond acceptors (Lipinski definition) is 2.